The predicted octanol–water partition coefficient (Wildman–Crippen LogP) is 1.85. The molecule has 0 amide bonds. The molecule has 16 heavy (non-hydrogen) atoms. The number of carbonyl (C=O) groups excluding carboxylic acids is 2. The average molecular weight is 228 g/mol. The van der Waals surface area contributed by atoms with Crippen LogP contribution < -0.4 is 0 Å². The summed E-state index contributed by atoms with van der Waals surface area (Å²) >= 11 is 0. The zero-order chi connectivity index (χ0) is 12.4. The van der Waals surface area contributed by atoms with Gasteiger partial charge in [-0.3, -0.25) is 4.79 Å². The van der Waals surface area contributed by atoms with Crippen molar-refractivity contribution in [2.45, 2.75) is 64.3 Å². The van der Waals surface area contributed by atoms with Gasteiger partial charge in [-0.15, -0.1) is 0 Å². The number of hydrogen-bond acceptors (Lipinski definition) is 4. The van der Waals surface area contributed by atoms with Crippen LogP contribution in [-0.2, 0) is 19.1 Å². The molecule has 0 saturated carbocycles. The summed E-state index contributed by atoms with van der Waals surface area (Å²) in [5.74, 6) is -0.308. The van der Waals surface area contributed by atoms with Crippen molar-refractivity contribution in [2.75, 3.05) is 0 Å². The lowest BCUT2D eigenvalue weighted by molar-refractivity contribution is -0.175. The summed E-state index contributed by atoms with van der Waals surface area (Å²) in [5.41, 5.74) is -1.03. The van der Waals surface area contributed by atoms with E-state index < -0.39 is 11.2 Å². The smallest absolute Gasteiger partial charge is 0.303 e. The average Bonchev–Trinajstić information content (AvgIpc) is 2.46. The summed E-state index contributed by atoms with van der Waals surface area (Å²) < 4.78 is 11.1. The molecule has 0 spiro atoms. The maximum atomic E-state index is 11.0. The molecule has 4 heteroatoms. The van der Waals surface area contributed by atoms with Gasteiger partial charge in [0.15, 0.2) is 0 Å². The highest BCUT2D eigenvalue weighted by molar-refractivity contribution is 5.66. The largest absolute Gasteiger partial charge is 0.457 e. The molecule has 0 N–H and O–H groups in total. The van der Waals surface area contributed by atoms with Crippen LogP contribution in [0, 0.1) is 0 Å². The molecule has 0 aromatic carbocycles. The first-order chi connectivity index (χ1) is 7.29. The van der Waals surface area contributed by atoms with E-state index in [0.717, 1.165) is 19.1 Å². The third-order valence-corrected chi connectivity index (χ3v) is 3.06. The van der Waals surface area contributed by atoms with Crippen LogP contribution >= 0.6 is 0 Å². The maximum absolute atomic E-state index is 11.0. The van der Waals surface area contributed by atoms with Gasteiger partial charge in [0.1, 0.15) is 11.9 Å². The van der Waals surface area contributed by atoms with Gasteiger partial charge in [-0.05, 0) is 33.6 Å². The van der Waals surface area contributed by atoms with Gasteiger partial charge in [0.2, 0.25) is 0 Å². The van der Waals surface area contributed by atoms with Gasteiger partial charge in [-0.1, -0.05) is 0 Å². The van der Waals surface area contributed by atoms with Crippen LogP contribution in [0.4, 0.5) is 0 Å². The number of rotatable bonds is 4. The number of esters is 1. The molecule has 0 bridgehead atoms. The molecule has 0 unspecified atom stereocenters. The summed E-state index contributed by atoms with van der Waals surface area (Å²) in [7, 11) is 0. The Labute approximate surface area is 96.3 Å². The van der Waals surface area contributed by atoms with Crippen molar-refractivity contribution in [3.8, 4) is 0 Å². The third-order valence-electron chi connectivity index (χ3n) is 3.06. The molecule has 0 radical (unpaired) electrons. The lowest BCUT2D eigenvalue weighted by Gasteiger charge is -2.32. The van der Waals surface area contributed by atoms with E-state index in [1.807, 2.05) is 20.8 Å². The quantitative estimate of drug-likeness (QED) is 0.544. The topological polar surface area (TPSA) is 52.6 Å². The second-order valence-electron chi connectivity index (χ2n) is 5.16. The summed E-state index contributed by atoms with van der Waals surface area (Å²) in [4.78, 5) is 21.5. The van der Waals surface area contributed by atoms with Crippen LogP contribution in [-0.4, -0.2) is 29.6 Å². The second-order valence-corrected chi connectivity index (χ2v) is 5.16. The number of carbonyl (C=O) groups is 2. The predicted molar refractivity (Wildman–Crippen MR) is 59.0 cm³/mol. The van der Waals surface area contributed by atoms with Gasteiger partial charge in [0.25, 0.3) is 0 Å². The summed E-state index contributed by atoms with van der Waals surface area (Å²) in [6.07, 6.45) is 2.76. The van der Waals surface area contributed by atoms with Gasteiger partial charge in [-0.2, -0.15) is 0 Å². The van der Waals surface area contributed by atoms with Crippen LogP contribution in [0.5, 0.6) is 0 Å². The Bertz CT molecular complexity index is 285. The molecule has 4 nitrogen and oxygen atoms in total. The van der Waals surface area contributed by atoms with E-state index in [9.17, 15) is 9.59 Å². The van der Waals surface area contributed by atoms with Gasteiger partial charge in [-0.25, -0.2) is 0 Å². The van der Waals surface area contributed by atoms with Gasteiger partial charge >= 0.3 is 5.97 Å². The highest BCUT2D eigenvalue weighted by atomic mass is 16.6. The van der Waals surface area contributed by atoms with E-state index in [-0.39, 0.29) is 12.1 Å². The molecular formula is C12H20O4. The van der Waals surface area contributed by atoms with E-state index in [0.29, 0.717) is 6.42 Å². The molecule has 1 rings (SSSR count). The van der Waals surface area contributed by atoms with Crippen molar-refractivity contribution >= 4 is 12.3 Å². The first kappa shape index (κ1) is 13.2. The zero-order valence-electron chi connectivity index (χ0n) is 10.4. The van der Waals surface area contributed by atoms with Gasteiger partial charge < -0.3 is 14.3 Å². The van der Waals surface area contributed by atoms with Crippen LogP contribution in [0.1, 0.15) is 47.0 Å². The summed E-state index contributed by atoms with van der Waals surface area (Å²) in [6, 6.07) is 0. The molecule has 1 saturated heterocycles. The third kappa shape index (κ3) is 3.04. The van der Waals surface area contributed by atoms with Crippen LogP contribution in [0.25, 0.3) is 0 Å². The SMILES string of the molecule is CC(=O)OC(C)(C)[C@H]1CC[C@](C)(CC=O)O1. The minimum atomic E-state index is -0.632. The monoisotopic (exact) mass is 228 g/mol. The van der Waals surface area contributed by atoms with Crippen LogP contribution in [0.15, 0.2) is 0 Å². The molecule has 0 aliphatic carbocycles. The minimum Gasteiger partial charge on any atom is -0.457 e. The van der Waals surface area contributed by atoms with Crippen molar-refractivity contribution in [2.24, 2.45) is 0 Å². The Kier molecular flexibility index (Phi) is 3.73. The second kappa shape index (κ2) is 4.53. The number of ether oxygens (including phenoxy) is 2. The van der Waals surface area contributed by atoms with Crippen molar-refractivity contribution in [3.63, 3.8) is 0 Å². The van der Waals surface area contributed by atoms with Crippen molar-refractivity contribution in [1.29, 1.82) is 0 Å². The molecule has 0 aromatic heterocycles. The van der Waals surface area contributed by atoms with E-state index in [1.165, 1.54) is 6.92 Å². The first-order valence-electron chi connectivity index (χ1n) is 5.60. The Morgan fingerprint density at radius 2 is 2.25 bits per heavy atom. The number of hydrogen-bond donors (Lipinski definition) is 0. The summed E-state index contributed by atoms with van der Waals surface area (Å²) in [6.45, 7) is 6.99. The van der Waals surface area contributed by atoms with E-state index in [1.54, 1.807) is 0 Å². The highest BCUT2D eigenvalue weighted by Crippen LogP contribution is 2.38. The van der Waals surface area contributed by atoms with E-state index in [2.05, 4.69) is 0 Å². The standard InChI is InChI=1S/C12H20O4/c1-9(14)15-11(2,3)10-5-6-12(4,16-10)7-8-13/h8,10H,5-7H2,1-4H3/t10-,12-/m1/s1. The molecule has 0 aromatic rings. The van der Waals surface area contributed by atoms with Crippen LogP contribution in [0.3, 0.4) is 0 Å². The van der Waals surface area contributed by atoms with Gasteiger partial charge in [0, 0.05) is 13.3 Å². The first-order valence-corrected chi connectivity index (χ1v) is 5.60. The molecule has 1 heterocycles. The van der Waals surface area contributed by atoms with Crippen molar-refractivity contribution in [3.05, 3.63) is 0 Å². The van der Waals surface area contributed by atoms with Crippen molar-refractivity contribution < 1.29 is 19.1 Å². The fourth-order valence-electron chi connectivity index (χ4n) is 2.15. The Morgan fingerprint density at radius 3 is 2.75 bits per heavy atom. The minimum absolute atomic E-state index is 0.138. The normalized spacial score (nSPS) is 30.1. The summed E-state index contributed by atoms with van der Waals surface area (Å²) in [5, 5.41) is 0. The van der Waals surface area contributed by atoms with E-state index in [4.69, 9.17) is 9.47 Å². The molecule has 1 aliphatic heterocycles. The molecule has 1 aliphatic rings. The highest BCUT2D eigenvalue weighted by Gasteiger charge is 2.44. The zero-order valence-corrected chi connectivity index (χ0v) is 10.4. The van der Waals surface area contributed by atoms with E-state index >= 15 is 0 Å². The lowest BCUT2D eigenvalue weighted by atomic mass is 9.95. The molecule has 1 fully saturated rings. The maximum Gasteiger partial charge on any atom is 0.303 e. The fraction of sp³-hybridized carbons (Fsp3) is 0.833. The molecular weight excluding hydrogens is 208 g/mol. The van der Waals surface area contributed by atoms with Crippen LogP contribution in [0.2, 0.25) is 0 Å². The Hall–Kier alpha value is -0.900. The lowest BCUT2D eigenvalue weighted by Crippen LogP contribution is -2.42. The van der Waals surface area contributed by atoms with Crippen molar-refractivity contribution in [1.82, 2.24) is 0 Å². The Morgan fingerprint density at radius 1 is 1.62 bits per heavy atom. The Balaban J connectivity index is 2.64. The molecule has 2 atom stereocenters. The fourth-order valence-corrected chi connectivity index (χ4v) is 2.15. The van der Waals surface area contributed by atoms with Gasteiger partial charge in [0.05, 0.1) is 11.7 Å². The molecule has 92 valence electrons. The number of aldehydes is 1.